The molecule has 0 bridgehead atoms. The van der Waals surface area contributed by atoms with Crippen molar-refractivity contribution in [3.63, 3.8) is 0 Å². The summed E-state index contributed by atoms with van der Waals surface area (Å²) in [4.78, 5) is 2.61. The van der Waals surface area contributed by atoms with Gasteiger partial charge in [-0.2, -0.15) is 0 Å². The van der Waals surface area contributed by atoms with Gasteiger partial charge in [0, 0.05) is 18.6 Å². The molecule has 0 aliphatic carbocycles. The monoisotopic (exact) mass is 292 g/mol. The maximum atomic E-state index is 13.1. The van der Waals surface area contributed by atoms with Gasteiger partial charge in [-0.3, -0.25) is 0 Å². The van der Waals surface area contributed by atoms with Crippen molar-refractivity contribution in [1.29, 1.82) is 0 Å². The summed E-state index contributed by atoms with van der Waals surface area (Å²) in [6.07, 6.45) is 3.75. The number of benzene rings is 1. The number of nitrogens with one attached hydrogen (secondary N) is 1. The van der Waals surface area contributed by atoms with Crippen molar-refractivity contribution < 1.29 is 4.39 Å². The SMILES string of the molecule is CCNC(CCN1CCCC(C)C1C)c1ccc(F)cc1. The summed E-state index contributed by atoms with van der Waals surface area (Å²) in [6, 6.07) is 7.93. The summed E-state index contributed by atoms with van der Waals surface area (Å²) in [5.41, 5.74) is 1.19. The number of nitrogens with zero attached hydrogens (tertiary/aromatic N) is 1. The van der Waals surface area contributed by atoms with Gasteiger partial charge in [0.1, 0.15) is 5.82 Å². The molecular weight excluding hydrogens is 263 g/mol. The predicted molar refractivity (Wildman–Crippen MR) is 86.9 cm³/mol. The summed E-state index contributed by atoms with van der Waals surface area (Å²) in [5, 5.41) is 3.53. The zero-order valence-corrected chi connectivity index (χ0v) is 13.6. The van der Waals surface area contributed by atoms with Crippen LogP contribution in [0.15, 0.2) is 24.3 Å². The Kier molecular flexibility index (Phi) is 6.19. The molecule has 118 valence electrons. The van der Waals surface area contributed by atoms with Gasteiger partial charge in [0.25, 0.3) is 0 Å². The second-order valence-electron chi connectivity index (χ2n) is 6.35. The van der Waals surface area contributed by atoms with Gasteiger partial charge in [-0.15, -0.1) is 0 Å². The Morgan fingerprint density at radius 1 is 1.29 bits per heavy atom. The molecule has 3 heteroatoms. The second kappa shape index (κ2) is 7.90. The lowest BCUT2D eigenvalue weighted by Crippen LogP contribution is -2.43. The Morgan fingerprint density at radius 3 is 2.67 bits per heavy atom. The molecule has 3 unspecified atom stereocenters. The van der Waals surface area contributed by atoms with Crippen molar-refractivity contribution in [2.45, 2.75) is 52.1 Å². The van der Waals surface area contributed by atoms with Crippen LogP contribution in [0.3, 0.4) is 0 Å². The van der Waals surface area contributed by atoms with Crippen molar-refractivity contribution in [3.8, 4) is 0 Å². The first-order valence-corrected chi connectivity index (χ1v) is 8.34. The molecule has 0 amide bonds. The molecule has 1 saturated heterocycles. The van der Waals surface area contributed by atoms with Crippen LogP contribution in [-0.4, -0.2) is 30.6 Å². The molecule has 0 saturated carbocycles. The average Bonchev–Trinajstić information content (AvgIpc) is 2.48. The van der Waals surface area contributed by atoms with Crippen LogP contribution in [0, 0.1) is 11.7 Å². The largest absolute Gasteiger partial charge is 0.310 e. The number of rotatable bonds is 6. The highest BCUT2D eigenvalue weighted by molar-refractivity contribution is 5.20. The summed E-state index contributed by atoms with van der Waals surface area (Å²) in [7, 11) is 0. The highest BCUT2D eigenvalue weighted by Crippen LogP contribution is 2.25. The van der Waals surface area contributed by atoms with E-state index in [1.807, 2.05) is 12.1 Å². The first kappa shape index (κ1) is 16.4. The lowest BCUT2D eigenvalue weighted by atomic mass is 9.91. The van der Waals surface area contributed by atoms with E-state index < -0.39 is 0 Å². The lowest BCUT2D eigenvalue weighted by molar-refractivity contribution is 0.109. The Morgan fingerprint density at radius 2 is 2.00 bits per heavy atom. The molecule has 1 N–H and O–H groups in total. The van der Waals surface area contributed by atoms with E-state index in [1.165, 1.54) is 24.9 Å². The van der Waals surface area contributed by atoms with E-state index in [0.29, 0.717) is 12.1 Å². The van der Waals surface area contributed by atoms with Crippen LogP contribution in [-0.2, 0) is 0 Å². The maximum Gasteiger partial charge on any atom is 0.123 e. The van der Waals surface area contributed by atoms with Crippen molar-refractivity contribution in [2.24, 2.45) is 5.92 Å². The minimum Gasteiger partial charge on any atom is -0.310 e. The molecule has 0 spiro atoms. The average molecular weight is 292 g/mol. The Labute approximate surface area is 128 Å². The summed E-state index contributed by atoms with van der Waals surface area (Å²) >= 11 is 0. The fraction of sp³-hybridized carbons (Fsp3) is 0.667. The number of halogens is 1. The number of piperidine rings is 1. The lowest BCUT2D eigenvalue weighted by Gasteiger charge is -2.38. The van der Waals surface area contributed by atoms with Crippen LogP contribution in [0.4, 0.5) is 4.39 Å². The third-order valence-corrected chi connectivity index (χ3v) is 4.93. The number of likely N-dealkylation sites (tertiary alicyclic amines) is 1. The third-order valence-electron chi connectivity index (χ3n) is 4.93. The molecule has 1 aliphatic rings. The van der Waals surface area contributed by atoms with Crippen LogP contribution in [0.1, 0.15) is 51.6 Å². The molecule has 1 aromatic rings. The van der Waals surface area contributed by atoms with Gasteiger partial charge >= 0.3 is 0 Å². The van der Waals surface area contributed by atoms with Gasteiger partial charge in [-0.05, 0) is 62.9 Å². The summed E-state index contributed by atoms with van der Waals surface area (Å²) < 4.78 is 13.1. The Bertz CT molecular complexity index is 418. The van der Waals surface area contributed by atoms with E-state index in [4.69, 9.17) is 0 Å². The molecule has 1 heterocycles. The first-order valence-electron chi connectivity index (χ1n) is 8.34. The quantitative estimate of drug-likeness (QED) is 0.853. The molecule has 1 aliphatic heterocycles. The van der Waals surface area contributed by atoms with Crippen molar-refractivity contribution in [2.75, 3.05) is 19.6 Å². The molecule has 2 nitrogen and oxygen atoms in total. The molecule has 3 atom stereocenters. The van der Waals surface area contributed by atoms with E-state index >= 15 is 0 Å². The zero-order chi connectivity index (χ0) is 15.2. The standard InChI is InChI=1S/C18H29FN2/c1-4-20-18(16-7-9-17(19)10-8-16)11-13-21-12-5-6-14(2)15(21)3/h7-10,14-15,18,20H,4-6,11-13H2,1-3H3. The normalized spacial score (nSPS) is 25.0. The molecule has 21 heavy (non-hydrogen) atoms. The van der Waals surface area contributed by atoms with Crippen molar-refractivity contribution >= 4 is 0 Å². The minimum absolute atomic E-state index is 0.160. The van der Waals surface area contributed by atoms with Gasteiger partial charge in [0.15, 0.2) is 0 Å². The van der Waals surface area contributed by atoms with E-state index in [9.17, 15) is 4.39 Å². The topological polar surface area (TPSA) is 15.3 Å². The van der Waals surface area contributed by atoms with Gasteiger partial charge in [-0.25, -0.2) is 4.39 Å². The predicted octanol–water partition coefficient (Wildman–Crippen LogP) is 3.99. The number of hydrogen-bond donors (Lipinski definition) is 1. The van der Waals surface area contributed by atoms with Gasteiger partial charge in [0.2, 0.25) is 0 Å². The zero-order valence-electron chi connectivity index (χ0n) is 13.6. The third kappa shape index (κ3) is 4.52. The van der Waals surface area contributed by atoms with Crippen LogP contribution < -0.4 is 5.32 Å². The minimum atomic E-state index is -0.160. The van der Waals surface area contributed by atoms with Crippen LogP contribution in [0.2, 0.25) is 0 Å². The van der Waals surface area contributed by atoms with Gasteiger partial charge in [-0.1, -0.05) is 26.0 Å². The number of hydrogen-bond acceptors (Lipinski definition) is 2. The van der Waals surface area contributed by atoms with E-state index in [1.54, 1.807) is 12.1 Å². The van der Waals surface area contributed by atoms with Crippen molar-refractivity contribution in [3.05, 3.63) is 35.6 Å². The van der Waals surface area contributed by atoms with Crippen molar-refractivity contribution in [1.82, 2.24) is 10.2 Å². The molecule has 1 aromatic carbocycles. The van der Waals surface area contributed by atoms with Gasteiger partial charge in [0.05, 0.1) is 0 Å². The Balaban J connectivity index is 1.95. The molecule has 0 aromatic heterocycles. The fourth-order valence-corrected chi connectivity index (χ4v) is 3.36. The van der Waals surface area contributed by atoms with Crippen LogP contribution >= 0.6 is 0 Å². The van der Waals surface area contributed by atoms with E-state index in [2.05, 4.69) is 31.0 Å². The molecular formula is C18H29FN2. The highest BCUT2D eigenvalue weighted by atomic mass is 19.1. The van der Waals surface area contributed by atoms with E-state index in [0.717, 1.165) is 25.4 Å². The molecule has 0 radical (unpaired) electrons. The molecule has 2 rings (SSSR count). The highest BCUT2D eigenvalue weighted by Gasteiger charge is 2.25. The maximum absolute atomic E-state index is 13.1. The summed E-state index contributed by atoms with van der Waals surface area (Å²) in [6.45, 7) is 10.1. The second-order valence-corrected chi connectivity index (χ2v) is 6.35. The Hall–Kier alpha value is -0.930. The summed E-state index contributed by atoms with van der Waals surface area (Å²) in [5.74, 6) is 0.634. The smallest absolute Gasteiger partial charge is 0.123 e. The van der Waals surface area contributed by atoms with Crippen LogP contribution in [0.5, 0.6) is 0 Å². The van der Waals surface area contributed by atoms with Crippen LogP contribution in [0.25, 0.3) is 0 Å². The van der Waals surface area contributed by atoms with E-state index in [-0.39, 0.29) is 5.82 Å². The fourth-order valence-electron chi connectivity index (χ4n) is 3.36. The first-order chi connectivity index (χ1) is 10.1. The molecule has 1 fully saturated rings. The van der Waals surface area contributed by atoms with Gasteiger partial charge < -0.3 is 10.2 Å².